The number of hydrogen-bond acceptors (Lipinski definition) is 3. The van der Waals surface area contributed by atoms with Gasteiger partial charge in [-0.15, -0.1) is 0 Å². The quantitative estimate of drug-likeness (QED) is 0.854. The molecule has 0 spiro atoms. The van der Waals surface area contributed by atoms with Crippen LogP contribution in [0.25, 0.3) is 6.08 Å². The highest BCUT2D eigenvalue weighted by molar-refractivity contribution is 9.10. The molecule has 0 saturated carbocycles. The lowest BCUT2D eigenvalue weighted by atomic mass is 10.2. The van der Waals surface area contributed by atoms with Crippen molar-refractivity contribution in [2.45, 2.75) is 0 Å². The largest absolute Gasteiger partial charge is 0.478 e. The zero-order valence-electron chi connectivity index (χ0n) is 10.2. The molecule has 1 aliphatic rings. The molecular formula is C13H14BrNO3S. The van der Waals surface area contributed by atoms with Crippen molar-refractivity contribution in [2.24, 2.45) is 0 Å². The Morgan fingerprint density at radius 1 is 1.37 bits per heavy atom. The molecule has 1 fully saturated rings. The molecule has 2 rings (SSSR count). The molecule has 0 aromatic heterocycles. The lowest BCUT2D eigenvalue weighted by molar-refractivity contribution is -0.131. The zero-order valence-corrected chi connectivity index (χ0v) is 12.6. The van der Waals surface area contributed by atoms with Crippen LogP contribution in [0.1, 0.15) is 5.56 Å². The van der Waals surface area contributed by atoms with E-state index in [1.165, 1.54) is 0 Å². The fraction of sp³-hybridized carbons (Fsp3) is 0.308. The Kier molecular flexibility index (Phi) is 4.76. The second kappa shape index (κ2) is 6.34. The summed E-state index contributed by atoms with van der Waals surface area (Å²) in [5, 5.41) is 8.61. The number of carbonyl (C=O) groups is 1. The van der Waals surface area contributed by atoms with Gasteiger partial charge in [-0.25, -0.2) is 4.79 Å². The molecule has 102 valence electrons. The average molecular weight is 344 g/mol. The first-order valence-electron chi connectivity index (χ1n) is 5.87. The fourth-order valence-electron chi connectivity index (χ4n) is 1.91. The van der Waals surface area contributed by atoms with E-state index in [2.05, 4.69) is 20.8 Å². The van der Waals surface area contributed by atoms with Gasteiger partial charge in [0, 0.05) is 51.6 Å². The summed E-state index contributed by atoms with van der Waals surface area (Å²) in [5.41, 5.74) is 1.89. The summed E-state index contributed by atoms with van der Waals surface area (Å²) >= 11 is 3.44. The maximum atomic E-state index is 11.3. The molecule has 0 bridgehead atoms. The van der Waals surface area contributed by atoms with Crippen LogP contribution in [-0.2, 0) is 15.6 Å². The first kappa shape index (κ1) is 14.3. The molecule has 1 N–H and O–H groups in total. The van der Waals surface area contributed by atoms with Gasteiger partial charge < -0.3 is 10.0 Å². The van der Waals surface area contributed by atoms with Crippen molar-refractivity contribution < 1.29 is 14.1 Å². The first-order valence-corrected chi connectivity index (χ1v) is 8.15. The maximum absolute atomic E-state index is 11.3. The second-order valence-electron chi connectivity index (χ2n) is 4.21. The standard InChI is InChI=1S/C13H14BrNO3S/c14-12-9-11(15-5-7-19(18)8-6-15)3-1-10(12)2-4-13(16)17/h1-4,9H,5-8H2,(H,16,17)/b4-2+. The van der Waals surface area contributed by atoms with E-state index in [0.717, 1.165) is 34.9 Å². The highest BCUT2D eigenvalue weighted by Gasteiger charge is 2.15. The van der Waals surface area contributed by atoms with Crippen molar-refractivity contribution in [1.82, 2.24) is 0 Å². The molecule has 1 aliphatic heterocycles. The topological polar surface area (TPSA) is 57.6 Å². The van der Waals surface area contributed by atoms with Crippen LogP contribution in [0.2, 0.25) is 0 Å². The summed E-state index contributed by atoms with van der Waals surface area (Å²) in [7, 11) is -0.683. The van der Waals surface area contributed by atoms with Gasteiger partial charge in [-0.2, -0.15) is 0 Å². The van der Waals surface area contributed by atoms with E-state index >= 15 is 0 Å². The molecular weight excluding hydrogens is 330 g/mol. The number of anilines is 1. The molecule has 1 heterocycles. The minimum Gasteiger partial charge on any atom is -0.478 e. The van der Waals surface area contributed by atoms with E-state index in [9.17, 15) is 9.00 Å². The van der Waals surface area contributed by atoms with Crippen LogP contribution >= 0.6 is 15.9 Å². The molecule has 1 aromatic carbocycles. The van der Waals surface area contributed by atoms with Crippen molar-refractivity contribution in [2.75, 3.05) is 29.5 Å². The lowest BCUT2D eigenvalue weighted by Crippen LogP contribution is -2.37. The van der Waals surface area contributed by atoms with Gasteiger partial charge in [-0.1, -0.05) is 22.0 Å². The molecule has 0 amide bonds. The van der Waals surface area contributed by atoms with Gasteiger partial charge in [-0.05, 0) is 23.8 Å². The van der Waals surface area contributed by atoms with Crippen molar-refractivity contribution >= 4 is 44.5 Å². The van der Waals surface area contributed by atoms with Gasteiger partial charge in [0.05, 0.1) is 0 Å². The van der Waals surface area contributed by atoms with E-state index in [-0.39, 0.29) is 0 Å². The predicted molar refractivity (Wildman–Crippen MR) is 80.9 cm³/mol. The monoisotopic (exact) mass is 343 g/mol. The zero-order chi connectivity index (χ0) is 13.8. The number of hydrogen-bond donors (Lipinski definition) is 1. The van der Waals surface area contributed by atoms with Crippen LogP contribution in [0.15, 0.2) is 28.7 Å². The van der Waals surface area contributed by atoms with Crippen LogP contribution in [-0.4, -0.2) is 39.9 Å². The summed E-state index contributed by atoms with van der Waals surface area (Å²) in [6.45, 7) is 1.59. The van der Waals surface area contributed by atoms with Crippen LogP contribution in [0.3, 0.4) is 0 Å². The number of carboxylic acid groups (broad SMARTS) is 1. The Hall–Kier alpha value is -1.14. The van der Waals surface area contributed by atoms with E-state index in [4.69, 9.17) is 5.11 Å². The average Bonchev–Trinajstić information content (AvgIpc) is 2.38. The molecule has 0 atom stereocenters. The molecule has 6 heteroatoms. The third kappa shape index (κ3) is 3.91. The summed E-state index contributed by atoms with van der Waals surface area (Å²) in [4.78, 5) is 12.7. The van der Waals surface area contributed by atoms with E-state index in [1.54, 1.807) is 6.08 Å². The summed E-state index contributed by atoms with van der Waals surface area (Å²) in [6.07, 6.45) is 2.67. The molecule has 0 radical (unpaired) electrons. The Balaban J connectivity index is 2.14. The first-order chi connectivity index (χ1) is 9.06. The van der Waals surface area contributed by atoms with Gasteiger partial charge in [-0.3, -0.25) is 4.21 Å². The second-order valence-corrected chi connectivity index (χ2v) is 6.76. The number of benzene rings is 1. The normalized spacial score (nSPS) is 17.0. The van der Waals surface area contributed by atoms with Gasteiger partial charge in [0.1, 0.15) is 0 Å². The van der Waals surface area contributed by atoms with Crippen LogP contribution in [0.5, 0.6) is 0 Å². The number of carboxylic acids is 1. The Morgan fingerprint density at radius 2 is 2.05 bits per heavy atom. The van der Waals surface area contributed by atoms with Crippen molar-refractivity contribution in [3.8, 4) is 0 Å². The van der Waals surface area contributed by atoms with E-state index < -0.39 is 16.8 Å². The van der Waals surface area contributed by atoms with Crippen molar-refractivity contribution in [3.63, 3.8) is 0 Å². The highest BCUT2D eigenvalue weighted by atomic mass is 79.9. The van der Waals surface area contributed by atoms with E-state index in [1.807, 2.05) is 18.2 Å². The summed E-state index contributed by atoms with van der Waals surface area (Å²) in [5.74, 6) is 0.450. The van der Waals surface area contributed by atoms with E-state index in [0.29, 0.717) is 11.5 Å². The predicted octanol–water partition coefficient (Wildman–Crippen LogP) is 2.12. The third-order valence-corrected chi connectivity index (χ3v) is 4.89. The minimum absolute atomic E-state index is 0.683. The molecule has 1 aromatic rings. The van der Waals surface area contributed by atoms with Gasteiger partial charge in [0.2, 0.25) is 0 Å². The van der Waals surface area contributed by atoms with Crippen molar-refractivity contribution in [1.29, 1.82) is 0 Å². The minimum atomic E-state index is -0.963. The molecule has 0 unspecified atom stereocenters. The molecule has 0 aliphatic carbocycles. The highest BCUT2D eigenvalue weighted by Crippen LogP contribution is 2.26. The number of rotatable bonds is 3. The lowest BCUT2D eigenvalue weighted by Gasteiger charge is -2.28. The van der Waals surface area contributed by atoms with Gasteiger partial charge in [0.15, 0.2) is 0 Å². The SMILES string of the molecule is O=C(O)/C=C/c1ccc(N2CCS(=O)CC2)cc1Br. The summed E-state index contributed by atoms with van der Waals surface area (Å²) in [6, 6.07) is 5.81. The maximum Gasteiger partial charge on any atom is 0.328 e. The Morgan fingerprint density at radius 3 is 2.63 bits per heavy atom. The molecule has 19 heavy (non-hydrogen) atoms. The number of nitrogens with zero attached hydrogens (tertiary/aromatic N) is 1. The molecule has 1 saturated heterocycles. The van der Waals surface area contributed by atoms with Gasteiger partial charge in [0.25, 0.3) is 0 Å². The van der Waals surface area contributed by atoms with Crippen LogP contribution < -0.4 is 4.90 Å². The Labute approximate surface area is 122 Å². The van der Waals surface area contributed by atoms with Crippen molar-refractivity contribution in [3.05, 3.63) is 34.3 Å². The van der Waals surface area contributed by atoms with Gasteiger partial charge >= 0.3 is 5.97 Å². The van der Waals surface area contributed by atoms with Crippen LogP contribution in [0.4, 0.5) is 5.69 Å². The molecule has 4 nitrogen and oxygen atoms in total. The third-order valence-electron chi connectivity index (χ3n) is 2.93. The summed E-state index contributed by atoms with van der Waals surface area (Å²) < 4.78 is 12.2. The Bertz CT molecular complexity index is 535. The number of aliphatic carboxylic acids is 1. The van der Waals surface area contributed by atoms with Crippen LogP contribution in [0, 0.1) is 0 Å². The number of halogens is 1. The smallest absolute Gasteiger partial charge is 0.328 e. The fourth-order valence-corrected chi connectivity index (χ4v) is 3.46.